The van der Waals surface area contributed by atoms with Gasteiger partial charge in [0.1, 0.15) is 11.7 Å². The van der Waals surface area contributed by atoms with E-state index in [1.165, 1.54) is 69.0 Å². The summed E-state index contributed by atoms with van der Waals surface area (Å²) in [5.74, 6) is 0.268. The lowest BCUT2D eigenvalue weighted by Gasteiger charge is -2.47. The number of piperidine rings is 1. The zero-order chi connectivity index (χ0) is 22.4. The van der Waals surface area contributed by atoms with E-state index < -0.39 is 0 Å². The van der Waals surface area contributed by atoms with Crippen LogP contribution in [0.1, 0.15) is 102 Å². The van der Waals surface area contributed by atoms with Gasteiger partial charge in [0.05, 0.1) is 0 Å². The Labute approximate surface area is 208 Å². The standard InChI is InChI=1S/C28H45N3O.ClH/c1-3-4-14-26-29-27(32)28(31(26)25-17-15-23(2)16-18-25)19-21-30(22-20-28)24-12-10-8-6-5-7-9-11-13-24;/h15-18,24,26H,3-14,19-22H2,1-2H3,(H,29,32);1H. The zero-order valence-corrected chi connectivity index (χ0v) is 21.8. The van der Waals surface area contributed by atoms with Crippen molar-refractivity contribution in [1.29, 1.82) is 0 Å². The van der Waals surface area contributed by atoms with Gasteiger partial charge < -0.3 is 15.1 Å². The second-order valence-electron chi connectivity index (χ2n) is 10.6. The highest BCUT2D eigenvalue weighted by Gasteiger charge is 2.54. The molecule has 1 N–H and O–H groups in total. The number of amides is 1. The molecule has 2 saturated heterocycles. The van der Waals surface area contributed by atoms with Gasteiger partial charge >= 0.3 is 0 Å². The number of aryl methyl sites for hydroxylation is 1. The maximum atomic E-state index is 13.5. The highest BCUT2D eigenvalue weighted by molar-refractivity contribution is 5.94. The van der Waals surface area contributed by atoms with Crippen molar-refractivity contribution in [3.63, 3.8) is 0 Å². The minimum Gasteiger partial charge on any atom is -0.336 e. The summed E-state index contributed by atoms with van der Waals surface area (Å²) < 4.78 is 0. The Bertz CT molecular complexity index is 719. The fourth-order valence-electron chi connectivity index (χ4n) is 6.37. The van der Waals surface area contributed by atoms with Gasteiger partial charge in [-0.05, 0) is 57.6 Å². The third-order valence-corrected chi connectivity index (χ3v) is 8.35. The molecule has 1 unspecified atom stereocenters. The SMILES string of the molecule is CCCCC1NC(=O)C2(CCN(C3CCCCCCCCC3)CC2)N1c1ccc(C)cc1.Cl. The van der Waals surface area contributed by atoms with E-state index in [0.29, 0.717) is 0 Å². The molecule has 2 aliphatic heterocycles. The number of rotatable bonds is 5. The van der Waals surface area contributed by atoms with E-state index in [4.69, 9.17) is 0 Å². The Balaban J connectivity index is 0.00000306. The van der Waals surface area contributed by atoms with Gasteiger partial charge in [-0.3, -0.25) is 4.79 Å². The van der Waals surface area contributed by atoms with Gasteiger partial charge in [-0.2, -0.15) is 0 Å². The molecule has 186 valence electrons. The lowest BCUT2D eigenvalue weighted by atomic mass is 9.84. The maximum Gasteiger partial charge on any atom is 0.247 e. The second kappa shape index (κ2) is 12.4. The van der Waals surface area contributed by atoms with E-state index in [9.17, 15) is 4.79 Å². The third kappa shape index (κ3) is 6.06. The molecule has 1 spiro atoms. The largest absolute Gasteiger partial charge is 0.336 e. The normalized spacial score (nSPS) is 25.0. The molecular formula is C28H46ClN3O. The van der Waals surface area contributed by atoms with Crippen LogP contribution in [0.2, 0.25) is 0 Å². The van der Waals surface area contributed by atoms with Gasteiger partial charge in [0, 0.05) is 24.8 Å². The number of anilines is 1. The van der Waals surface area contributed by atoms with Crippen molar-refractivity contribution in [3.8, 4) is 0 Å². The number of benzene rings is 1. The fraction of sp³-hybridized carbons (Fsp3) is 0.750. The molecule has 4 nitrogen and oxygen atoms in total. The van der Waals surface area contributed by atoms with Crippen molar-refractivity contribution in [2.45, 2.75) is 121 Å². The number of nitrogens with zero attached hydrogens (tertiary/aromatic N) is 2. The number of halogens is 1. The minimum atomic E-state index is -0.375. The van der Waals surface area contributed by atoms with Gasteiger partial charge in [0.2, 0.25) is 5.91 Å². The van der Waals surface area contributed by atoms with Crippen LogP contribution in [0.15, 0.2) is 24.3 Å². The molecule has 0 radical (unpaired) electrons. The van der Waals surface area contributed by atoms with Crippen molar-refractivity contribution in [2.24, 2.45) is 0 Å². The van der Waals surface area contributed by atoms with Gasteiger partial charge in [0.15, 0.2) is 0 Å². The molecule has 1 atom stereocenters. The summed E-state index contributed by atoms with van der Waals surface area (Å²) >= 11 is 0. The molecule has 1 amide bonds. The van der Waals surface area contributed by atoms with Crippen LogP contribution in [-0.2, 0) is 4.79 Å². The first-order valence-electron chi connectivity index (χ1n) is 13.5. The number of carbonyl (C=O) groups excluding carboxylic acids is 1. The Morgan fingerprint density at radius 3 is 2.09 bits per heavy atom. The molecule has 1 aromatic carbocycles. The van der Waals surface area contributed by atoms with Crippen molar-refractivity contribution < 1.29 is 4.79 Å². The molecule has 2 heterocycles. The van der Waals surface area contributed by atoms with E-state index in [2.05, 4.69) is 53.2 Å². The van der Waals surface area contributed by atoms with E-state index in [1.807, 2.05) is 0 Å². The quantitative estimate of drug-likeness (QED) is 0.521. The van der Waals surface area contributed by atoms with Crippen LogP contribution in [0.4, 0.5) is 5.69 Å². The number of nitrogens with one attached hydrogen (secondary N) is 1. The van der Waals surface area contributed by atoms with Crippen LogP contribution >= 0.6 is 12.4 Å². The van der Waals surface area contributed by atoms with Crippen LogP contribution in [0.25, 0.3) is 0 Å². The highest BCUT2D eigenvalue weighted by Crippen LogP contribution is 2.41. The maximum absolute atomic E-state index is 13.5. The number of hydrogen-bond acceptors (Lipinski definition) is 3. The van der Waals surface area contributed by atoms with Crippen LogP contribution in [0.3, 0.4) is 0 Å². The third-order valence-electron chi connectivity index (χ3n) is 8.35. The zero-order valence-electron chi connectivity index (χ0n) is 21.0. The predicted molar refractivity (Wildman–Crippen MR) is 141 cm³/mol. The predicted octanol–water partition coefficient (Wildman–Crippen LogP) is 6.60. The topological polar surface area (TPSA) is 35.6 Å². The van der Waals surface area contributed by atoms with Gasteiger partial charge in [-0.25, -0.2) is 0 Å². The van der Waals surface area contributed by atoms with Crippen LogP contribution in [0, 0.1) is 6.92 Å². The first-order valence-corrected chi connectivity index (χ1v) is 13.5. The highest BCUT2D eigenvalue weighted by atomic mass is 35.5. The van der Waals surface area contributed by atoms with Gasteiger partial charge in [0.25, 0.3) is 0 Å². The van der Waals surface area contributed by atoms with Crippen LogP contribution in [0.5, 0.6) is 0 Å². The Morgan fingerprint density at radius 2 is 1.52 bits per heavy atom. The molecule has 3 fully saturated rings. The summed E-state index contributed by atoms with van der Waals surface area (Å²) in [6.07, 6.45) is 17.9. The summed E-state index contributed by atoms with van der Waals surface area (Å²) in [7, 11) is 0. The summed E-state index contributed by atoms with van der Waals surface area (Å²) in [5, 5.41) is 3.41. The summed E-state index contributed by atoms with van der Waals surface area (Å²) in [6, 6.07) is 9.56. The second-order valence-corrected chi connectivity index (χ2v) is 10.6. The molecule has 4 rings (SSSR count). The van der Waals surface area contributed by atoms with Crippen molar-refractivity contribution in [1.82, 2.24) is 10.2 Å². The molecule has 1 aromatic rings. The molecule has 1 saturated carbocycles. The molecular weight excluding hydrogens is 430 g/mol. The van der Waals surface area contributed by atoms with Crippen molar-refractivity contribution >= 4 is 24.0 Å². The van der Waals surface area contributed by atoms with E-state index in [0.717, 1.165) is 51.2 Å². The van der Waals surface area contributed by atoms with Crippen LogP contribution < -0.4 is 10.2 Å². The summed E-state index contributed by atoms with van der Waals surface area (Å²) in [4.78, 5) is 18.7. The van der Waals surface area contributed by atoms with Crippen LogP contribution in [-0.4, -0.2) is 41.6 Å². The molecule has 1 aliphatic carbocycles. The Morgan fingerprint density at radius 1 is 0.939 bits per heavy atom. The van der Waals surface area contributed by atoms with E-state index >= 15 is 0 Å². The monoisotopic (exact) mass is 475 g/mol. The van der Waals surface area contributed by atoms with E-state index in [-0.39, 0.29) is 30.0 Å². The lowest BCUT2D eigenvalue weighted by molar-refractivity contribution is -0.125. The number of likely N-dealkylation sites (tertiary alicyclic amines) is 1. The lowest BCUT2D eigenvalue weighted by Crippen LogP contribution is -2.58. The number of unbranched alkanes of at least 4 members (excludes halogenated alkanes) is 1. The Kier molecular flexibility index (Phi) is 9.94. The molecule has 33 heavy (non-hydrogen) atoms. The van der Waals surface area contributed by atoms with Crippen molar-refractivity contribution in [3.05, 3.63) is 29.8 Å². The summed E-state index contributed by atoms with van der Waals surface area (Å²) in [5.41, 5.74) is 2.11. The molecule has 0 bridgehead atoms. The van der Waals surface area contributed by atoms with E-state index in [1.54, 1.807) is 0 Å². The molecule has 0 aromatic heterocycles. The Hall–Kier alpha value is -1.26. The first-order chi connectivity index (χ1) is 15.6. The minimum absolute atomic E-state index is 0. The van der Waals surface area contributed by atoms with Gasteiger partial charge in [-0.15, -0.1) is 12.4 Å². The van der Waals surface area contributed by atoms with Crippen molar-refractivity contribution in [2.75, 3.05) is 18.0 Å². The molecule has 5 heteroatoms. The average Bonchev–Trinajstić information content (AvgIpc) is 3.08. The molecule has 3 aliphatic rings. The number of carbonyl (C=O) groups is 1. The fourth-order valence-corrected chi connectivity index (χ4v) is 6.37. The smallest absolute Gasteiger partial charge is 0.247 e. The number of hydrogen-bond donors (Lipinski definition) is 1. The average molecular weight is 476 g/mol. The summed E-state index contributed by atoms with van der Waals surface area (Å²) in [6.45, 7) is 6.49. The first kappa shape index (κ1) is 26.3. The van der Waals surface area contributed by atoms with Gasteiger partial charge in [-0.1, -0.05) is 76.0 Å².